The minimum atomic E-state index is 0.0943. The standard InChI is InChI=1S/C20H26N4O2S/c1-15(25)23-9-11-24(12-10-23)19(26)14-22-8-4-5-16(13-22)20-21-17-6-2-3-7-18(17)27-20/h2-3,6-7,16H,4-5,8-14H2,1H3/t16-/m1/s1. The van der Waals surface area contributed by atoms with Gasteiger partial charge in [-0.05, 0) is 31.5 Å². The maximum Gasteiger partial charge on any atom is 0.236 e. The summed E-state index contributed by atoms with van der Waals surface area (Å²) in [6.45, 7) is 6.53. The minimum Gasteiger partial charge on any atom is -0.339 e. The number of fused-ring (bicyclic) bond motifs is 1. The summed E-state index contributed by atoms with van der Waals surface area (Å²) in [7, 11) is 0. The molecular formula is C20H26N4O2S. The van der Waals surface area contributed by atoms with E-state index < -0.39 is 0 Å². The van der Waals surface area contributed by atoms with Crippen LogP contribution in [-0.4, -0.2) is 77.3 Å². The van der Waals surface area contributed by atoms with Gasteiger partial charge in [-0.3, -0.25) is 14.5 Å². The van der Waals surface area contributed by atoms with Gasteiger partial charge in [0.05, 0.1) is 21.8 Å². The number of thiazole rings is 1. The Bertz CT molecular complexity index is 795. The Morgan fingerprint density at radius 2 is 1.85 bits per heavy atom. The number of hydrogen-bond donors (Lipinski definition) is 0. The molecule has 0 unspecified atom stereocenters. The molecule has 144 valence electrons. The van der Waals surface area contributed by atoms with E-state index in [2.05, 4.69) is 23.1 Å². The highest BCUT2D eigenvalue weighted by molar-refractivity contribution is 7.18. The Hall–Kier alpha value is -1.99. The van der Waals surface area contributed by atoms with Crippen molar-refractivity contribution in [3.8, 4) is 0 Å². The molecule has 0 aliphatic carbocycles. The number of hydrogen-bond acceptors (Lipinski definition) is 5. The van der Waals surface area contributed by atoms with E-state index in [1.165, 1.54) is 9.71 Å². The zero-order valence-corrected chi connectivity index (χ0v) is 16.6. The van der Waals surface area contributed by atoms with E-state index in [4.69, 9.17) is 4.98 Å². The molecule has 7 heteroatoms. The van der Waals surface area contributed by atoms with E-state index in [0.717, 1.165) is 31.4 Å². The number of piperazine rings is 1. The molecule has 2 aliphatic heterocycles. The van der Waals surface area contributed by atoms with Crippen LogP contribution in [0, 0.1) is 0 Å². The molecule has 2 amide bonds. The Labute approximate surface area is 163 Å². The number of benzene rings is 1. The summed E-state index contributed by atoms with van der Waals surface area (Å²) < 4.78 is 1.24. The van der Waals surface area contributed by atoms with Gasteiger partial charge in [-0.1, -0.05) is 12.1 Å². The molecule has 2 fully saturated rings. The summed E-state index contributed by atoms with van der Waals surface area (Å²) in [6, 6.07) is 8.28. The Balaban J connectivity index is 1.34. The number of aromatic nitrogens is 1. The van der Waals surface area contributed by atoms with E-state index in [0.29, 0.717) is 38.6 Å². The SMILES string of the molecule is CC(=O)N1CCN(C(=O)CN2CCC[C@@H](c3nc4ccccc4s3)C2)CC1. The van der Waals surface area contributed by atoms with Gasteiger partial charge < -0.3 is 9.80 Å². The lowest BCUT2D eigenvalue weighted by Crippen LogP contribution is -2.52. The van der Waals surface area contributed by atoms with Gasteiger partial charge in [0.2, 0.25) is 11.8 Å². The quantitative estimate of drug-likeness (QED) is 0.811. The average Bonchev–Trinajstić information content (AvgIpc) is 3.12. The van der Waals surface area contributed by atoms with Crippen LogP contribution in [0.25, 0.3) is 10.2 Å². The van der Waals surface area contributed by atoms with E-state index in [1.807, 2.05) is 15.9 Å². The monoisotopic (exact) mass is 386 g/mol. The molecule has 2 aromatic rings. The van der Waals surface area contributed by atoms with Gasteiger partial charge in [-0.25, -0.2) is 4.98 Å². The molecular weight excluding hydrogens is 360 g/mol. The number of likely N-dealkylation sites (tertiary alicyclic amines) is 1. The van der Waals surface area contributed by atoms with E-state index in [9.17, 15) is 9.59 Å². The van der Waals surface area contributed by atoms with Crippen molar-refractivity contribution >= 4 is 33.4 Å². The highest BCUT2D eigenvalue weighted by Crippen LogP contribution is 2.32. The lowest BCUT2D eigenvalue weighted by molar-refractivity contribution is -0.139. The molecule has 6 nitrogen and oxygen atoms in total. The number of para-hydroxylation sites is 1. The fraction of sp³-hybridized carbons (Fsp3) is 0.550. The van der Waals surface area contributed by atoms with Crippen LogP contribution in [0.2, 0.25) is 0 Å². The molecule has 1 aromatic heterocycles. The molecule has 3 heterocycles. The summed E-state index contributed by atoms with van der Waals surface area (Å²) in [5, 5.41) is 1.20. The first-order valence-corrected chi connectivity index (χ1v) is 10.5. The lowest BCUT2D eigenvalue weighted by Gasteiger charge is -2.37. The summed E-state index contributed by atoms with van der Waals surface area (Å²) in [6.07, 6.45) is 2.24. The van der Waals surface area contributed by atoms with E-state index in [1.54, 1.807) is 18.3 Å². The molecule has 4 rings (SSSR count). The zero-order chi connectivity index (χ0) is 18.8. The Morgan fingerprint density at radius 1 is 1.11 bits per heavy atom. The van der Waals surface area contributed by atoms with Crippen LogP contribution in [-0.2, 0) is 9.59 Å². The molecule has 2 aliphatic rings. The predicted molar refractivity (Wildman–Crippen MR) is 107 cm³/mol. The van der Waals surface area contributed by atoms with Crippen LogP contribution >= 0.6 is 11.3 Å². The van der Waals surface area contributed by atoms with E-state index in [-0.39, 0.29) is 11.8 Å². The first kappa shape index (κ1) is 18.4. The molecule has 1 aromatic carbocycles. The van der Waals surface area contributed by atoms with Crippen molar-refractivity contribution in [2.75, 3.05) is 45.8 Å². The van der Waals surface area contributed by atoms with Gasteiger partial charge in [0, 0.05) is 45.6 Å². The first-order valence-electron chi connectivity index (χ1n) is 9.71. The van der Waals surface area contributed by atoms with Crippen molar-refractivity contribution in [2.24, 2.45) is 0 Å². The average molecular weight is 387 g/mol. The molecule has 1 atom stereocenters. The number of nitrogens with zero attached hydrogens (tertiary/aromatic N) is 4. The zero-order valence-electron chi connectivity index (χ0n) is 15.8. The number of amides is 2. The van der Waals surface area contributed by atoms with Crippen molar-refractivity contribution in [3.05, 3.63) is 29.3 Å². The van der Waals surface area contributed by atoms with E-state index >= 15 is 0 Å². The van der Waals surface area contributed by atoms with Crippen molar-refractivity contribution in [2.45, 2.75) is 25.7 Å². The summed E-state index contributed by atoms with van der Waals surface area (Å²) in [5.74, 6) is 0.693. The third-order valence-corrected chi connectivity index (χ3v) is 6.80. The highest BCUT2D eigenvalue weighted by atomic mass is 32.1. The summed E-state index contributed by atoms with van der Waals surface area (Å²) in [5.41, 5.74) is 1.08. The second-order valence-electron chi connectivity index (χ2n) is 7.48. The lowest BCUT2D eigenvalue weighted by atomic mass is 9.98. The number of carbonyl (C=O) groups is 2. The third-order valence-electron chi connectivity index (χ3n) is 5.60. The van der Waals surface area contributed by atoms with Crippen LogP contribution in [0.5, 0.6) is 0 Å². The van der Waals surface area contributed by atoms with Gasteiger partial charge in [0.15, 0.2) is 0 Å². The van der Waals surface area contributed by atoms with Crippen molar-refractivity contribution in [1.29, 1.82) is 0 Å². The highest BCUT2D eigenvalue weighted by Gasteiger charge is 2.28. The third kappa shape index (κ3) is 4.14. The van der Waals surface area contributed by atoms with Crippen molar-refractivity contribution in [3.63, 3.8) is 0 Å². The van der Waals surface area contributed by atoms with Gasteiger partial charge >= 0.3 is 0 Å². The molecule has 0 N–H and O–H groups in total. The van der Waals surface area contributed by atoms with Gasteiger partial charge in [0.1, 0.15) is 0 Å². The topological polar surface area (TPSA) is 56.8 Å². The summed E-state index contributed by atoms with van der Waals surface area (Å²) >= 11 is 1.79. The second kappa shape index (κ2) is 7.94. The molecule has 0 spiro atoms. The second-order valence-corrected chi connectivity index (χ2v) is 8.54. The minimum absolute atomic E-state index is 0.0943. The van der Waals surface area contributed by atoms with Gasteiger partial charge in [0.25, 0.3) is 0 Å². The number of piperidine rings is 1. The molecule has 2 saturated heterocycles. The van der Waals surface area contributed by atoms with Crippen LogP contribution < -0.4 is 0 Å². The fourth-order valence-electron chi connectivity index (χ4n) is 4.03. The van der Waals surface area contributed by atoms with Crippen molar-refractivity contribution in [1.82, 2.24) is 19.7 Å². The van der Waals surface area contributed by atoms with Crippen LogP contribution in [0.4, 0.5) is 0 Å². The fourth-order valence-corrected chi connectivity index (χ4v) is 5.12. The largest absolute Gasteiger partial charge is 0.339 e. The normalized spacial score (nSPS) is 21.6. The Morgan fingerprint density at radius 3 is 2.59 bits per heavy atom. The summed E-state index contributed by atoms with van der Waals surface area (Å²) in [4.78, 5) is 34.9. The molecule has 0 saturated carbocycles. The van der Waals surface area contributed by atoms with Crippen LogP contribution in [0.1, 0.15) is 30.7 Å². The maximum absolute atomic E-state index is 12.7. The smallest absolute Gasteiger partial charge is 0.236 e. The molecule has 27 heavy (non-hydrogen) atoms. The maximum atomic E-state index is 12.7. The Kier molecular flexibility index (Phi) is 5.41. The first-order chi connectivity index (χ1) is 13.1. The molecule has 0 radical (unpaired) electrons. The predicted octanol–water partition coefficient (Wildman–Crippen LogP) is 2.17. The molecule has 0 bridgehead atoms. The number of carbonyl (C=O) groups excluding carboxylic acids is 2. The van der Waals surface area contributed by atoms with Gasteiger partial charge in [-0.2, -0.15) is 0 Å². The van der Waals surface area contributed by atoms with Gasteiger partial charge in [-0.15, -0.1) is 11.3 Å². The van der Waals surface area contributed by atoms with Crippen molar-refractivity contribution < 1.29 is 9.59 Å². The van der Waals surface area contributed by atoms with Crippen LogP contribution in [0.15, 0.2) is 24.3 Å². The van der Waals surface area contributed by atoms with Crippen LogP contribution in [0.3, 0.4) is 0 Å². The number of rotatable bonds is 3.